The fourth-order valence-electron chi connectivity index (χ4n) is 6.37. The van der Waals surface area contributed by atoms with Crippen molar-refractivity contribution in [1.29, 1.82) is 0 Å². The summed E-state index contributed by atoms with van der Waals surface area (Å²) in [4.78, 5) is 24.3. The summed E-state index contributed by atoms with van der Waals surface area (Å²) in [7, 11) is 0. The summed E-state index contributed by atoms with van der Waals surface area (Å²) in [6.45, 7) is 6.62. The highest BCUT2D eigenvalue weighted by Crippen LogP contribution is 2.63. The van der Waals surface area contributed by atoms with Gasteiger partial charge in [-0.05, 0) is 68.3 Å². The van der Waals surface area contributed by atoms with Gasteiger partial charge in [0.25, 0.3) is 0 Å². The van der Waals surface area contributed by atoms with E-state index in [1.165, 1.54) is 11.1 Å². The predicted molar refractivity (Wildman–Crippen MR) is 86.2 cm³/mol. The zero-order valence-electron chi connectivity index (χ0n) is 13.6. The maximum atomic E-state index is 12.6. The van der Waals surface area contributed by atoms with E-state index < -0.39 is 0 Å². The number of carbonyl (C=O) groups is 2. The van der Waals surface area contributed by atoms with Gasteiger partial charge in [0.05, 0.1) is 0 Å². The third-order valence-electron chi connectivity index (χ3n) is 7.29. The molecule has 0 aromatic rings. The molecule has 4 rings (SSSR count). The SMILES string of the molecule is C=C1C[C@@]2(CC)C(=O)CC[C@H]2[C@@H]2CCC3=CC(=O)CC[C@@H]3[C@@H]12. The summed E-state index contributed by atoms with van der Waals surface area (Å²) in [6, 6.07) is 0. The van der Waals surface area contributed by atoms with Crippen LogP contribution in [0.3, 0.4) is 0 Å². The van der Waals surface area contributed by atoms with Crippen molar-refractivity contribution >= 4 is 11.6 Å². The van der Waals surface area contributed by atoms with Crippen LogP contribution in [0, 0.1) is 29.1 Å². The Bertz CT molecular complexity index is 585. The van der Waals surface area contributed by atoms with E-state index in [0.717, 1.165) is 44.9 Å². The minimum atomic E-state index is -0.0933. The minimum absolute atomic E-state index is 0.0933. The zero-order valence-corrected chi connectivity index (χ0v) is 13.6. The molecule has 0 saturated heterocycles. The number of allylic oxidation sites excluding steroid dienone is 2. The first kappa shape index (κ1) is 14.4. The fourth-order valence-corrected chi connectivity index (χ4v) is 6.37. The Morgan fingerprint density at radius 1 is 1.18 bits per heavy atom. The lowest BCUT2D eigenvalue weighted by atomic mass is 9.50. The van der Waals surface area contributed by atoms with E-state index in [2.05, 4.69) is 13.5 Å². The van der Waals surface area contributed by atoms with Gasteiger partial charge in [-0.3, -0.25) is 9.59 Å². The quantitative estimate of drug-likeness (QED) is 0.678. The Morgan fingerprint density at radius 3 is 2.77 bits per heavy atom. The molecule has 0 unspecified atom stereocenters. The Balaban J connectivity index is 1.72. The normalized spacial score (nSPS) is 44.2. The van der Waals surface area contributed by atoms with E-state index in [0.29, 0.717) is 41.7 Å². The maximum Gasteiger partial charge on any atom is 0.155 e. The van der Waals surface area contributed by atoms with Crippen LogP contribution in [0.1, 0.15) is 58.3 Å². The summed E-state index contributed by atoms with van der Waals surface area (Å²) >= 11 is 0. The van der Waals surface area contributed by atoms with Gasteiger partial charge >= 0.3 is 0 Å². The van der Waals surface area contributed by atoms with Gasteiger partial charge < -0.3 is 0 Å². The minimum Gasteiger partial charge on any atom is -0.299 e. The number of Topliss-reactive ketones (excluding diaryl/α,β-unsaturated/α-hetero) is 1. The van der Waals surface area contributed by atoms with E-state index >= 15 is 0 Å². The lowest BCUT2D eigenvalue weighted by Crippen LogP contribution is -2.48. The Labute approximate surface area is 133 Å². The molecule has 4 aliphatic carbocycles. The van der Waals surface area contributed by atoms with Gasteiger partial charge in [-0.1, -0.05) is 24.6 Å². The second kappa shape index (κ2) is 4.91. The van der Waals surface area contributed by atoms with Gasteiger partial charge in [-0.25, -0.2) is 0 Å². The van der Waals surface area contributed by atoms with Gasteiger partial charge in [0.15, 0.2) is 5.78 Å². The summed E-state index contributed by atoms with van der Waals surface area (Å²) in [6.07, 6.45) is 9.61. The predicted octanol–water partition coefficient (Wildman–Crippen LogP) is 4.25. The molecule has 5 atom stereocenters. The molecule has 2 heteroatoms. The number of hydrogen-bond acceptors (Lipinski definition) is 2. The largest absolute Gasteiger partial charge is 0.299 e. The molecule has 0 aromatic heterocycles. The monoisotopic (exact) mass is 298 g/mol. The lowest BCUT2D eigenvalue weighted by Gasteiger charge is -2.53. The number of fused-ring (bicyclic) bond motifs is 5. The second-order valence-electron chi connectivity index (χ2n) is 7.97. The third-order valence-corrected chi connectivity index (χ3v) is 7.29. The van der Waals surface area contributed by atoms with Crippen molar-refractivity contribution in [3.8, 4) is 0 Å². The van der Waals surface area contributed by atoms with Crippen molar-refractivity contribution in [3.05, 3.63) is 23.8 Å². The summed E-state index contributed by atoms with van der Waals surface area (Å²) < 4.78 is 0. The number of rotatable bonds is 1. The second-order valence-corrected chi connectivity index (χ2v) is 7.97. The molecule has 118 valence electrons. The average Bonchev–Trinajstić information content (AvgIpc) is 2.84. The van der Waals surface area contributed by atoms with Crippen LogP contribution < -0.4 is 0 Å². The van der Waals surface area contributed by atoms with Crippen LogP contribution in [0.4, 0.5) is 0 Å². The first-order valence-corrected chi connectivity index (χ1v) is 9.01. The number of ketones is 2. The van der Waals surface area contributed by atoms with Gasteiger partial charge in [0.2, 0.25) is 0 Å². The summed E-state index contributed by atoms with van der Waals surface area (Å²) in [5.41, 5.74) is 2.60. The van der Waals surface area contributed by atoms with Crippen molar-refractivity contribution in [2.45, 2.75) is 58.3 Å². The van der Waals surface area contributed by atoms with E-state index in [1.807, 2.05) is 6.08 Å². The van der Waals surface area contributed by atoms with E-state index in [-0.39, 0.29) is 5.41 Å². The standard InChI is InChI=1S/C20H26O2/c1-3-20-11-12(2)19-15-7-5-14(21)10-13(15)4-6-16(19)17(20)8-9-18(20)22/h10,15-17,19H,2-9,11H2,1H3/t15-,16-,17-,19+,20+/m0/s1. The molecule has 3 fully saturated rings. The number of carbonyl (C=O) groups excluding carboxylic acids is 2. The van der Waals surface area contributed by atoms with Crippen LogP contribution >= 0.6 is 0 Å². The van der Waals surface area contributed by atoms with E-state index in [1.54, 1.807) is 0 Å². The van der Waals surface area contributed by atoms with Gasteiger partial charge in [-0.2, -0.15) is 0 Å². The molecule has 0 heterocycles. The molecule has 0 radical (unpaired) electrons. The van der Waals surface area contributed by atoms with Crippen molar-refractivity contribution in [2.24, 2.45) is 29.1 Å². The first-order valence-electron chi connectivity index (χ1n) is 9.01. The van der Waals surface area contributed by atoms with Crippen molar-refractivity contribution < 1.29 is 9.59 Å². The first-order chi connectivity index (χ1) is 10.6. The number of hydrogen-bond donors (Lipinski definition) is 0. The molecule has 0 N–H and O–H groups in total. The molecular formula is C20H26O2. The highest BCUT2D eigenvalue weighted by Gasteiger charge is 2.58. The lowest BCUT2D eigenvalue weighted by molar-refractivity contribution is -0.130. The highest BCUT2D eigenvalue weighted by molar-refractivity contribution is 5.91. The molecule has 3 saturated carbocycles. The van der Waals surface area contributed by atoms with Crippen LogP contribution in [-0.2, 0) is 9.59 Å². The Hall–Kier alpha value is -1.18. The smallest absolute Gasteiger partial charge is 0.155 e. The molecule has 0 aliphatic heterocycles. The van der Waals surface area contributed by atoms with Crippen LogP contribution in [0.2, 0.25) is 0 Å². The van der Waals surface area contributed by atoms with E-state index in [9.17, 15) is 9.59 Å². The average molecular weight is 298 g/mol. The zero-order chi connectivity index (χ0) is 15.5. The summed E-state index contributed by atoms with van der Waals surface area (Å²) in [5, 5.41) is 0. The third kappa shape index (κ3) is 1.79. The molecule has 2 nitrogen and oxygen atoms in total. The molecule has 0 amide bonds. The van der Waals surface area contributed by atoms with Crippen LogP contribution in [-0.4, -0.2) is 11.6 Å². The van der Waals surface area contributed by atoms with Crippen molar-refractivity contribution in [3.63, 3.8) is 0 Å². The van der Waals surface area contributed by atoms with Gasteiger partial charge in [0.1, 0.15) is 5.78 Å². The molecule has 22 heavy (non-hydrogen) atoms. The molecule has 0 bridgehead atoms. The topological polar surface area (TPSA) is 34.1 Å². The molecule has 0 aromatic carbocycles. The van der Waals surface area contributed by atoms with Crippen LogP contribution in [0.5, 0.6) is 0 Å². The fraction of sp³-hybridized carbons (Fsp3) is 0.700. The Kier molecular flexibility index (Phi) is 3.22. The van der Waals surface area contributed by atoms with E-state index in [4.69, 9.17) is 0 Å². The molecular weight excluding hydrogens is 272 g/mol. The Morgan fingerprint density at radius 2 is 2.00 bits per heavy atom. The van der Waals surface area contributed by atoms with Crippen molar-refractivity contribution in [2.75, 3.05) is 0 Å². The summed E-state index contributed by atoms with van der Waals surface area (Å²) in [5.74, 6) is 3.07. The van der Waals surface area contributed by atoms with Crippen LogP contribution in [0.25, 0.3) is 0 Å². The highest BCUT2D eigenvalue weighted by atomic mass is 16.1. The van der Waals surface area contributed by atoms with Gasteiger partial charge in [0, 0.05) is 18.3 Å². The maximum absolute atomic E-state index is 12.6. The molecule has 4 aliphatic rings. The van der Waals surface area contributed by atoms with Crippen molar-refractivity contribution in [1.82, 2.24) is 0 Å². The van der Waals surface area contributed by atoms with Gasteiger partial charge in [-0.15, -0.1) is 0 Å². The molecule has 0 spiro atoms. The van der Waals surface area contributed by atoms with Crippen LogP contribution in [0.15, 0.2) is 23.8 Å².